The van der Waals surface area contributed by atoms with Crippen LogP contribution in [-0.4, -0.2) is 46.7 Å². The van der Waals surface area contributed by atoms with Crippen LogP contribution in [0, 0.1) is 11.6 Å². The molecule has 26 heavy (non-hydrogen) atoms. The second-order valence-electron chi connectivity index (χ2n) is 5.68. The first-order valence-electron chi connectivity index (χ1n) is 7.65. The molecule has 0 aliphatic carbocycles. The summed E-state index contributed by atoms with van der Waals surface area (Å²) in [6, 6.07) is 1.80. The van der Waals surface area contributed by atoms with E-state index in [4.69, 9.17) is 9.47 Å². The average molecular weight is 405 g/mol. The second kappa shape index (κ2) is 9.47. The van der Waals surface area contributed by atoms with E-state index >= 15 is 0 Å². The fourth-order valence-corrected chi connectivity index (χ4v) is 3.02. The number of hydrogen-bond acceptors (Lipinski definition) is 4. The van der Waals surface area contributed by atoms with E-state index in [2.05, 4.69) is 0 Å². The largest absolute Gasteiger partial charge is 0.491 e. The Hall–Kier alpha value is -1.46. The fourth-order valence-electron chi connectivity index (χ4n) is 2.09. The highest BCUT2D eigenvalue weighted by atomic mass is 32.2. The van der Waals surface area contributed by atoms with Gasteiger partial charge >= 0.3 is 6.18 Å². The van der Waals surface area contributed by atoms with Gasteiger partial charge in [-0.15, -0.1) is 0 Å². The number of halogens is 5. The summed E-state index contributed by atoms with van der Waals surface area (Å²) < 4.78 is 97.3. The molecule has 0 amide bonds. The summed E-state index contributed by atoms with van der Waals surface area (Å²) in [5.41, 5.74) is 0.214. The lowest BCUT2D eigenvalue weighted by molar-refractivity contribution is -0.106. The first-order valence-corrected chi connectivity index (χ1v) is 9.30. The highest BCUT2D eigenvalue weighted by Crippen LogP contribution is 2.30. The molecule has 0 spiro atoms. The van der Waals surface area contributed by atoms with Crippen molar-refractivity contribution in [3.05, 3.63) is 29.3 Å². The molecule has 0 aliphatic rings. The van der Waals surface area contributed by atoms with Crippen LogP contribution in [0.25, 0.3) is 0 Å². The van der Waals surface area contributed by atoms with Gasteiger partial charge in [-0.05, 0) is 5.92 Å². The molecule has 5 nitrogen and oxygen atoms in total. The van der Waals surface area contributed by atoms with Gasteiger partial charge in [0.05, 0.1) is 13.2 Å². The Balaban J connectivity index is 2.36. The maximum absolute atomic E-state index is 13.8. The number of sulfonamides is 1. The molecule has 0 heterocycles. The quantitative estimate of drug-likeness (QED) is 0.480. The first kappa shape index (κ1) is 22.6. The minimum atomic E-state index is -4.82. The number of benzene rings is 1. The van der Waals surface area contributed by atoms with Gasteiger partial charge < -0.3 is 9.47 Å². The third kappa shape index (κ3) is 8.28. The monoisotopic (exact) mass is 405 g/mol. The standard InChI is InChI=1S/C15H20F5NO4S/c1-10(2)14-12(17)7-11(16)8-13(14)25-6-5-24-4-3-21-26(22,23)9-15(18,19)20/h7-8,10,21H,3-6,9H2,1-2H3. The SMILES string of the molecule is CC(C)c1c(F)cc(F)cc1OCCOCCNS(=O)(=O)CC(F)(F)F. The number of hydrogen-bond donors (Lipinski definition) is 1. The molecule has 0 unspecified atom stereocenters. The molecule has 1 N–H and O–H groups in total. The van der Waals surface area contributed by atoms with Gasteiger partial charge in [0.25, 0.3) is 0 Å². The summed E-state index contributed by atoms with van der Waals surface area (Å²) in [5.74, 6) is -3.69. The van der Waals surface area contributed by atoms with Crippen molar-refractivity contribution in [2.75, 3.05) is 32.1 Å². The van der Waals surface area contributed by atoms with E-state index in [1.807, 2.05) is 0 Å². The minimum absolute atomic E-state index is 0.0342. The summed E-state index contributed by atoms with van der Waals surface area (Å²) in [7, 11) is -4.47. The van der Waals surface area contributed by atoms with Crippen molar-refractivity contribution in [3.63, 3.8) is 0 Å². The molecule has 0 aromatic heterocycles. The second-order valence-corrected chi connectivity index (χ2v) is 7.49. The zero-order chi connectivity index (χ0) is 20.0. The Kier molecular flexibility index (Phi) is 8.22. The van der Waals surface area contributed by atoms with E-state index < -0.39 is 33.6 Å². The van der Waals surface area contributed by atoms with E-state index in [-0.39, 0.29) is 43.6 Å². The molecule has 0 saturated carbocycles. The molecule has 0 atom stereocenters. The molecule has 1 aromatic rings. The Labute approximate surface area is 148 Å². The number of alkyl halides is 3. The third-order valence-corrected chi connectivity index (χ3v) is 4.39. The van der Waals surface area contributed by atoms with Crippen molar-refractivity contribution in [1.82, 2.24) is 4.72 Å². The van der Waals surface area contributed by atoms with Crippen LogP contribution < -0.4 is 9.46 Å². The Bertz CT molecular complexity index is 692. The molecule has 150 valence electrons. The Morgan fingerprint density at radius 1 is 1.12 bits per heavy atom. The smallest absolute Gasteiger partial charge is 0.404 e. The molecule has 1 aromatic carbocycles. The van der Waals surface area contributed by atoms with Crippen LogP contribution >= 0.6 is 0 Å². The van der Waals surface area contributed by atoms with Gasteiger partial charge in [-0.3, -0.25) is 0 Å². The van der Waals surface area contributed by atoms with Gasteiger partial charge in [-0.25, -0.2) is 21.9 Å². The summed E-state index contributed by atoms with van der Waals surface area (Å²) in [6.07, 6.45) is -4.82. The van der Waals surface area contributed by atoms with Gasteiger partial charge in [0.1, 0.15) is 24.0 Å². The van der Waals surface area contributed by atoms with Gasteiger partial charge in [0.2, 0.25) is 10.0 Å². The van der Waals surface area contributed by atoms with Crippen LogP contribution in [-0.2, 0) is 14.8 Å². The Morgan fingerprint density at radius 2 is 1.77 bits per heavy atom. The van der Waals surface area contributed by atoms with E-state index in [0.717, 1.165) is 12.1 Å². The predicted molar refractivity (Wildman–Crippen MR) is 84.6 cm³/mol. The summed E-state index contributed by atoms with van der Waals surface area (Å²) >= 11 is 0. The van der Waals surface area contributed by atoms with Crippen LogP contribution in [0.3, 0.4) is 0 Å². The van der Waals surface area contributed by atoms with Crippen molar-refractivity contribution in [2.45, 2.75) is 25.9 Å². The number of nitrogens with one attached hydrogen (secondary N) is 1. The highest BCUT2D eigenvalue weighted by Gasteiger charge is 2.34. The van der Waals surface area contributed by atoms with Crippen molar-refractivity contribution in [2.24, 2.45) is 0 Å². The maximum atomic E-state index is 13.8. The van der Waals surface area contributed by atoms with E-state index in [0.29, 0.717) is 0 Å². The summed E-state index contributed by atoms with van der Waals surface area (Å²) in [5, 5.41) is 0. The Morgan fingerprint density at radius 3 is 2.35 bits per heavy atom. The van der Waals surface area contributed by atoms with E-state index in [9.17, 15) is 30.4 Å². The lowest BCUT2D eigenvalue weighted by Gasteiger charge is -2.15. The van der Waals surface area contributed by atoms with E-state index in [1.54, 1.807) is 18.6 Å². The lowest BCUT2D eigenvalue weighted by Crippen LogP contribution is -2.35. The van der Waals surface area contributed by atoms with Gasteiger partial charge in [0, 0.05) is 24.2 Å². The molecule has 11 heteroatoms. The van der Waals surface area contributed by atoms with Crippen LogP contribution in [0.4, 0.5) is 22.0 Å². The zero-order valence-electron chi connectivity index (χ0n) is 14.2. The molecule has 0 radical (unpaired) electrons. The van der Waals surface area contributed by atoms with Crippen LogP contribution in [0.5, 0.6) is 5.75 Å². The van der Waals surface area contributed by atoms with Crippen LogP contribution in [0.1, 0.15) is 25.3 Å². The first-order chi connectivity index (χ1) is 11.9. The summed E-state index contributed by atoms with van der Waals surface area (Å²) in [4.78, 5) is 0. The van der Waals surface area contributed by atoms with Crippen molar-refractivity contribution in [3.8, 4) is 5.75 Å². The van der Waals surface area contributed by atoms with Crippen molar-refractivity contribution < 1.29 is 39.8 Å². The fraction of sp³-hybridized carbons (Fsp3) is 0.600. The summed E-state index contributed by atoms with van der Waals surface area (Å²) in [6.45, 7) is 2.79. The topological polar surface area (TPSA) is 64.6 Å². The number of rotatable bonds is 10. The highest BCUT2D eigenvalue weighted by molar-refractivity contribution is 7.89. The molecule has 0 fully saturated rings. The van der Waals surface area contributed by atoms with Crippen LogP contribution in [0.15, 0.2) is 12.1 Å². The van der Waals surface area contributed by atoms with Gasteiger partial charge in [0.15, 0.2) is 5.75 Å². The third-order valence-electron chi connectivity index (χ3n) is 3.04. The predicted octanol–water partition coefficient (Wildman–Crippen LogP) is 2.97. The molecular weight excluding hydrogens is 385 g/mol. The van der Waals surface area contributed by atoms with Crippen molar-refractivity contribution in [1.29, 1.82) is 0 Å². The molecule has 1 rings (SSSR count). The van der Waals surface area contributed by atoms with Crippen LogP contribution in [0.2, 0.25) is 0 Å². The molecular formula is C15H20F5NO4S. The average Bonchev–Trinajstić information content (AvgIpc) is 2.42. The van der Waals surface area contributed by atoms with Gasteiger partial charge in [-0.1, -0.05) is 13.8 Å². The van der Waals surface area contributed by atoms with E-state index in [1.165, 1.54) is 0 Å². The maximum Gasteiger partial charge on any atom is 0.404 e. The molecule has 0 aliphatic heterocycles. The lowest BCUT2D eigenvalue weighted by atomic mass is 10.0. The number of ether oxygens (including phenoxy) is 2. The minimum Gasteiger partial charge on any atom is -0.491 e. The normalized spacial score (nSPS) is 12.6. The molecule has 0 saturated heterocycles. The van der Waals surface area contributed by atoms with Gasteiger partial charge in [-0.2, -0.15) is 13.2 Å². The molecule has 0 bridgehead atoms. The van der Waals surface area contributed by atoms with Crippen molar-refractivity contribution >= 4 is 10.0 Å². The zero-order valence-corrected chi connectivity index (χ0v) is 15.0.